The molecule has 1 aromatic rings. The number of aryl methyl sites for hydroxylation is 2. The van der Waals surface area contributed by atoms with Gasteiger partial charge in [0, 0.05) is 24.5 Å². The molecule has 0 spiro atoms. The van der Waals surface area contributed by atoms with E-state index in [2.05, 4.69) is 70.8 Å². The molecule has 0 saturated carbocycles. The molecule has 110 valence electrons. The molecule has 4 nitrogen and oxygen atoms in total. The van der Waals surface area contributed by atoms with Gasteiger partial charge in [-0.15, -0.1) is 0 Å². The number of aromatic nitrogens is 2. The average Bonchev–Trinajstić information content (AvgIpc) is 2.62. The number of hydrogen-bond donors (Lipinski definition) is 1. The van der Waals surface area contributed by atoms with Crippen molar-refractivity contribution in [2.75, 3.05) is 21.1 Å². The molecule has 0 fully saturated rings. The van der Waals surface area contributed by atoms with Crippen LogP contribution < -0.4 is 5.32 Å². The Morgan fingerprint density at radius 1 is 1.42 bits per heavy atom. The first-order valence-electron chi connectivity index (χ1n) is 6.82. The largest absolute Gasteiger partial charge is 0.315 e. The molecule has 19 heavy (non-hydrogen) atoms. The molecule has 1 aromatic heterocycles. The highest BCUT2D eigenvalue weighted by Crippen LogP contribution is 2.26. The molecule has 0 aliphatic carbocycles. The molecule has 1 N–H and O–H groups in total. The second kappa shape index (κ2) is 6.37. The van der Waals surface area contributed by atoms with Crippen LogP contribution in [0.2, 0.25) is 0 Å². The molecular formula is C14H27BrN4. The fourth-order valence-electron chi connectivity index (χ4n) is 2.27. The summed E-state index contributed by atoms with van der Waals surface area (Å²) in [6.07, 6.45) is 0.955. The fourth-order valence-corrected chi connectivity index (χ4v) is 2.72. The lowest BCUT2D eigenvalue weighted by Crippen LogP contribution is -2.55. The Morgan fingerprint density at radius 2 is 2.00 bits per heavy atom. The van der Waals surface area contributed by atoms with Crippen LogP contribution in [0.1, 0.15) is 32.2 Å². The maximum atomic E-state index is 4.57. The van der Waals surface area contributed by atoms with Crippen LogP contribution in [-0.2, 0) is 13.0 Å². The van der Waals surface area contributed by atoms with Gasteiger partial charge in [0.2, 0.25) is 0 Å². The zero-order valence-electron chi connectivity index (χ0n) is 13.2. The van der Waals surface area contributed by atoms with Crippen LogP contribution in [0, 0.1) is 6.92 Å². The van der Waals surface area contributed by atoms with Gasteiger partial charge in [-0.25, -0.2) is 0 Å². The fraction of sp³-hybridized carbons (Fsp3) is 0.786. The monoisotopic (exact) mass is 330 g/mol. The minimum absolute atomic E-state index is 0.0743. The van der Waals surface area contributed by atoms with Gasteiger partial charge in [0.1, 0.15) is 0 Å². The Balaban J connectivity index is 3.06. The highest BCUT2D eigenvalue weighted by Gasteiger charge is 2.32. The van der Waals surface area contributed by atoms with Crippen molar-refractivity contribution in [1.29, 1.82) is 0 Å². The molecular weight excluding hydrogens is 304 g/mol. The van der Waals surface area contributed by atoms with E-state index in [1.165, 1.54) is 5.69 Å². The minimum atomic E-state index is 0.0743. The predicted molar refractivity (Wildman–Crippen MR) is 84.7 cm³/mol. The Labute approximate surface area is 125 Å². The molecule has 0 aromatic carbocycles. The molecule has 1 unspecified atom stereocenters. The quantitative estimate of drug-likeness (QED) is 0.869. The van der Waals surface area contributed by atoms with Gasteiger partial charge in [0.15, 0.2) is 0 Å². The van der Waals surface area contributed by atoms with Crippen molar-refractivity contribution in [2.24, 2.45) is 0 Å². The molecule has 0 aliphatic rings. The highest BCUT2D eigenvalue weighted by atomic mass is 79.9. The third-order valence-corrected chi connectivity index (χ3v) is 5.24. The summed E-state index contributed by atoms with van der Waals surface area (Å²) in [5, 5.41) is 8.03. The van der Waals surface area contributed by atoms with Crippen molar-refractivity contribution in [3.05, 3.63) is 15.9 Å². The van der Waals surface area contributed by atoms with Crippen molar-refractivity contribution in [1.82, 2.24) is 20.0 Å². The van der Waals surface area contributed by atoms with Crippen molar-refractivity contribution in [2.45, 2.75) is 52.2 Å². The molecule has 1 heterocycles. The zero-order valence-corrected chi connectivity index (χ0v) is 14.8. The van der Waals surface area contributed by atoms with Gasteiger partial charge in [-0.3, -0.25) is 4.68 Å². The maximum absolute atomic E-state index is 4.57. The van der Waals surface area contributed by atoms with Crippen LogP contribution in [0.25, 0.3) is 0 Å². The van der Waals surface area contributed by atoms with Gasteiger partial charge in [-0.1, -0.05) is 0 Å². The summed E-state index contributed by atoms with van der Waals surface area (Å²) in [7, 11) is 6.28. The van der Waals surface area contributed by atoms with E-state index in [-0.39, 0.29) is 5.54 Å². The summed E-state index contributed by atoms with van der Waals surface area (Å²) in [4.78, 5) is 2.27. The van der Waals surface area contributed by atoms with Gasteiger partial charge >= 0.3 is 0 Å². The topological polar surface area (TPSA) is 33.1 Å². The summed E-state index contributed by atoms with van der Waals surface area (Å²) in [5.74, 6) is 0. The van der Waals surface area contributed by atoms with E-state index in [4.69, 9.17) is 0 Å². The van der Waals surface area contributed by atoms with Crippen LogP contribution in [0.3, 0.4) is 0 Å². The number of nitrogens with zero attached hydrogens (tertiary/aromatic N) is 3. The van der Waals surface area contributed by atoms with Crippen LogP contribution in [-0.4, -0.2) is 47.4 Å². The van der Waals surface area contributed by atoms with Crippen LogP contribution in [0.15, 0.2) is 4.47 Å². The van der Waals surface area contributed by atoms with Crippen LogP contribution >= 0.6 is 15.9 Å². The average molecular weight is 331 g/mol. The lowest BCUT2D eigenvalue weighted by atomic mass is 9.89. The molecule has 1 atom stereocenters. The molecule has 0 saturated heterocycles. The van der Waals surface area contributed by atoms with Gasteiger partial charge in [-0.05, 0) is 64.8 Å². The van der Waals surface area contributed by atoms with E-state index in [1.54, 1.807) is 0 Å². The lowest BCUT2D eigenvalue weighted by Gasteiger charge is -2.40. The predicted octanol–water partition coefficient (Wildman–Crippen LogP) is 2.44. The third-order valence-electron chi connectivity index (χ3n) is 4.20. The Kier molecular flexibility index (Phi) is 5.59. The van der Waals surface area contributed by atoms with Crippen molar-refractivity contribution in [3.8, 4) is 0 Å². The standard InChI is InChI=1S/C14H27BrN4/c1-8-19-11(13(15)10(2)17-19)9-12(16-5)14(3,4)18(6)7/h12,16H,8-9H2,1-7H3. The Morgan fingerprint density at radius 3 is 2.42 bits per heavy atom. The first kappa shape index (κ1) is 16.7. The molecule has 0 aliphatic heterocycles. The number of likely N-dealkylation sites (N-methyl/N-ethyl adjacent to an activating group) is 2. The smallest absolute Gasteiger partial charge is 0.0738 e. The first-order valence-corrected chi connectivity index (χ1v) is 7.61. The molecule has 0 amide bonds. The summed E-state index contributed by atoms with van der Waals surface area (Å²) < 4.78 is 3.24. The second-order valence-electron chi connectivity index (χ2n) is 5.76. The molecule has 5 heteroatoms. The molecule has 1 rings (SSSR count). The van der Waals surface area contributed by atoms with E-state index in [9.17, 15) is 0 Å². The van der Waals surface area contributed by atoms with Crippen molar-refractivity contribution >= 4 is 15.9 Å². The molecule has 0 bridgehead atoms. The highest BCUT2D eigenvalue weighted by molar-refractivity contribution is 9.10. The van der Waals surface area contributed by atoms with Crippen molar-refractivity contribution in [3.63, 3.8) is 0 Å². The first-order chi connectivity index (χ1) is 8.75. The van der Waals surface area contributed by atoms with E-state index < -0.39 is 0 Å². The van der Waals surface area contributed by atoms with E-state index in [0.717, 1.165) is 23.1 Å². The minimum Gasteiger partial charge on any atom is -0.315 e. The third kappa shape index (κ3) is 3.38. The molecule has 0 radical (unpaired) electrons. The lowest BCUT2D eigenvalue weighted by molar-refractivity contribution is 0.140. The van der Waals surface area contributed by atoms with Crippen LogP contribution in [0.4, 0.5) is 0 Å². The summed E-state index contributed by atoms with van der Waals surface area (Å²) in [6.45, 7) is 9.61. The van der Waals surface area contributed by atoms with Gasteiger partial charge < -0.3 is 10.2 Å². The van der Waals surface area contributed by atoms with E-state index >= 15 is 0 Å². The number of nitrogens with one attached hydrogen (secondary N) is 1. The Hall–Kier alpha value is -0.390. The van der Waals surface area contributed by atoms with Gasteiger partial charge in [0.05, 0.1) is 15.9 Å². The summed E-state index contributed by atoms with van der Waals surface area (Å²) in [6, 6.07) is 0.361. The van der Waals surface area contributed by atoms with E-state index in [1.807, 2.05) is 14.0 Å². The summed E-state index contributed by atoms with van der Waals surface area (Å²) >= 11 is 3.68. The maximum Gasteiger partial charge on any atom is 0.0738 e. The van der Waals surface area contributed by atoms with Crippen LogP contribution in [0.5, 0.6) is 0 Å². The normalized spacial score (nSPS) is 14.2. The second-order valence-corrected chi connectivity index (χ2v) is 6.55. The van der Waals surface area contributed by atoms with E-state index in [0.29, 0.717) is 6.04 Å². The summed E-state index contributed by atoms with van der Waals surface area (Å²) in [5.41, 5.74) is 2.41. The Bertz CT molecular complexity index is 423. The van der Waals surface area contributed by atoms with Crippen molar-refractivity contribution < 1.29 is 0 Å². The SMILES string of the molecule is CCn1nc(C)c(Br)c1CC(NC)C(C)(C)N(C)C. The number of hydrogen-bond acceptors (Lipinski definition) is 3. The zero-order chi connectivity index (χ0) is 14.8. The van der Waals surface area contributed by atoms with Gasteiger partial charge in [0.25, 0.3) is 0 Å². The van der Waals surface area contributed by atoms with Gasteiger partial charge in [-0.2, -0.15) is 5.10 Å². The number of halogens is 1. The number of rotatable bonds is 6.